The molecule has 0 radical (unpaired) electrons. The Balaban J connectivity index is 1.63. The van der Waals surface area contributed by atoms with E-state index in [0.717, 1.165) is 29.8 Å². The standard InChI is InChI=1S/C22H22N4O3/c1-22(2)12-19(24-21(27)15-8-10-17(11-9-15)26(28)29)18-14-23-25(20(18)13-22)16-6-4-3-5-7-16/h3-11,14,19H,12-13H2,1-2H3,(H,24,27). The lowest BCUT2D eigenvalue weighted by Crippen LogP contribution is -2.36. The summed E-state index contributed by atoms with van der Waals surface area (Å²) in [7, 11) is 0. The number of nitrogens with zero attached hydrogens (tertiary/aromatic N) is 3. The average Bonchev–Trinajstić information content (AvgIpc) is 3.11. The number of carbonyl (C=O) groups is 1. The van der Waals surface area contributed by atoms with Gasteiger partial charge in [0.15, 0.2) is 0 Å². The number of nitrogens with one attached hydrogen (secondary N) is 1. The second-order valence-corrected chi connectivity index (χ2v) is 8.17. The summed E-state index contributed by atoms with van der Waals surface area (Å²) in [5.41, 5.74) is 3.46. The first-order valence-corrected chi connectivity index (χ1v) is 9.52. The number of para-hydroxylation sites is 1. The van der Waals surface area contributed by atoms with E-state index >= 15 is 0 Å². The molecule has 0 bridgehead atoms. The maximum atomic E-state index is 12.8. The van der Waals surface area contributed by atoms with Gasteiger partial charge in [0.1, 0.15) is 0 Å². The predicted octanol–water partition coefficient (Wildman–Crippen LogP) is 4.22. The Kier molecular flexibility index (Phi) is 4.66. The number of nitro groups is 1. The van der Waals surface area contributed by atoms with Gasteiger partial charge in [-0.15, -0.1) is 0 Å². The Morgan fingerprint density at radius 3 is 2.52 bits per heavy atom. The molecule has 2 aromatic carbocycles. The summed E-state index contributed by atoms with van der Waals surface area (Å²) < 4.78 is 1.95. The summed E-state index contributed by atoms with van der Waals surface area (Å²) >= 11 is 0. The van der Waals surface area contributed by atoms with Crippen molar-refractivity contribution in [3.63, 3.8) is 0 Å². The summed E-state index contributed by atoms with van der Waals surface area (Å²) in [4.78, 5) is 23.1. The molecular formula is C22H22N4O3. The molecular weight excluding hydrogens is 368 g/mol. The van der Waals surface area contributed by atoms with Crippen LogP contribution in [0.5, 0.6) is 0 Å². The van der Waals surface area contributed by atoms with E-state index in [4.69, 9.17) is 0 Å². The second-order valence-electron chi connectivity index (χ2n) is 8.17. The maximum Gasteiger partial charge on any atom is 0.269 e. The molecule has 3 aromatic rings. The van der Waals surface area contributed by atoms with E-state index in [1.807, 2.05) is 41.2 Å². The number of hydrogen-bond donors (Lipinski definition) is 1. The number of hydrogen-bond acceptors (Lipinski definition) is 4. The van der Waals surface area contributed by atoms with E-state index in [0.29, 0.717) is 5.56 Å². The topological polar surface area (TPSA) is 90.1 Å². The van der Waals surface area contributed by atoms with Gasteiger partial charge >= 0.3 is 0 Å². The van der Waals surface area contributed by atoms with Gasteiger partial charge in [-0.25, -0.2) is 4.68 Å². The molecule has 1 heterocycles. The molecule has 1 aromatic heterocycles. The minimum atomic E-state index is -0.477. The van der Waals surface area contributed by atoms with Crippen LogP contribution < -0.4 is 5.32 Å². The van der Waals surface area contributed by atoms with Crippen LogP contribution in [0, 0.1) is 15.5 Å². The number of aromatic nitrogens is 2. The number of carbonyl (C=O) groups excluding carboxylic acids is 1. The number of fused-ring (bicyclic) bond motifs is 1. The monoisotopic (exact) mass is 390 g/mol. The van der Waals surface area contributed by atoms with Gasteiger partial charge in [0.2, 0.25) is 0 Å². The lowest BCUT2D eigenvalue weighted by atomic mass is 9.74. The first kappa shape index (κ1) is 18.9. The molecule has 4 rings (SSSR count). The number of benzene rings is 2. The van der Waals surface area contributed by atoms with Crippen LogP contribution in [0.1, 0.15) is 47.9 Å². The van der Waals surface area contributed by atoms with Gasteiger partial charge < -0.3 is 5.32 Å². The molecule has 148 valence electrons. The van der Waals surface area contributed by atoms with E-state index in [2.05, 4.69) is 24.3 Å². The lowest BCUT2D eigenvalue weighted by Gasteiger charge is -2.36. The van der Waals surface area contributed by atoms with Crippen molar-refractivity contribution in [3.05, 3.63) is 87.7 Å². The van der Waals surface area contributed by atoms with Crippen molar-refractivity contribution in [2.24, 2.45) is 5.41 Å². The van der Waals surface area contributed by atoms with Gasteiger partial charge in [-0.2, -0.15) is 5.10 Å². The fourth-order valence-electron chi connectivity index (χ4n) is 3.94. The molecule has 0 saturated carbocycles. The number of nitro benzene ring substituents is 1. The second kappa shape index (κ2) is 7.16. The van der Waals surface area contributed by atoms with Crippen molar-refractivity contribution in [3.8, 4) is 5.69 Å². The van der Waals surface area contributed by atoms with Crippen molar-refractivity contribution in [2.75, 3.05) is 0 Å². The van der Waals surface area contributed by atoms with Crippen molar-refractivity contribution in [1.82, 2.24) is 15.1 Å². The lowest BCUT2D eigenvalue weighted by molar-refractivity contribution is -0.384. The van der Waals surface area contributed by atoms with Crippen LogP contribution in [0.25, 0.3) is 5.69 Å². The first-order valence-electron chi connectivity index (χ1n) is 9.52. The molecule has 0 fully saturated rings. The fourth-order valence-corrected chi connectivity index (χ4v) is 3.94. The summed E-state index contributed by atoms with van der Waals surface area (Å²) in [6, 6.07) is 15.4. The zero-order valence-electron chi connectivity index (χ0n) is 16.3. The Bertz CT molecular complexity index is 1060. The highest BCUT2D eigenvalue weighted by molar-refractivity contribution is 5.94. The molecule has 1 aliphatic rings. The fraction of sp³-hybridized carbons (Fsp3) is 0.273. The number of amides is 1. The first-order chi connectivity index (χ1) is 13.8. The Hall–Kier alpha value is -3.48. The van der Waals surface area contributed by atoms with Crippen LogP contribution in [0.3, 0.4) is 0 Å². The number of non-ortho nitro benzene ring substituents is 1. The highest BCUT2D eigenvalue weighted by atomic mass is 16.6. The average molecular weight is 390 g/mol. The zero-order chi connectivity index (χ0) is 20.6. The van der Waals surface area contributed by atoms with Crippen molar-refractivity contribution < 1.29 is 9.72 Å². The molecule has 7 heteroatoms. The molecule has 1 unspecified atom stereocenters. The van der Waals surface area contributed by atoms with E-state index in [-0.39, 0.29) is 23.1 Å². The molecule has 29 heavy (non-hydrogen) atoms. The van der Waals surface area contributed by atoms with Gasteiger partial charge in [-0.3, -0.25) is 14.9 Å². The summed E-state index contributed by atoms with van der Waals surface area (Å²) in [5.74, 6) is -0.249. The Labute approximate surface area is 168 Å². The van der Waals surface area contributed by atoms with Crippen molar-refractivity contribution in [2.45, 2.75) is 32.7 Å². The van der Waals surface area contributed by atoms with Crippen LogP contribution in [-0.2, 0) is 6.42 Å². The predicted molar refractivity (Wildman–Crippen MR) is 109 cm³/mol. The highest BCUT2D eigenvalue weighted by Gasteiger charge is 2.36. The van der Waals surface area contributed by atoms with Crippen LogP contribution in [0.4, 0.5) is 5.69 Å². The van der Waals surface area contributed by atoms with Crippen molar-refractivity contribution >= 4 is 11.6 Å². The van der Waals surface area contributed by atoms with Crippen LogP contribution in [0.15, 0.2) is 60.8 Å². The Morgan fingerprint density at radius 2 is 1.86 bits per heavy atom. The zero-order valence-corrected chi connectivity index (χ0v) is 16.3. The van der Waals surface area contributed by atoms with Crippen LogP contribution >= 0.6 is 0 Å². The minimum Gasteiger partial charge on any atom is -0.345 e. The molecule has 1 aliphatic carbocycles. The largest absolute Gasteiger partial charge is 0.345 e. The minimum absolute atomic E-state index is 0.00696. The van der Waals surface area contributed by atoms with E-state index < -0.39 is 4.92 Å². The highest BCUT2D eigenvalue weighted by Crippen LogP contribution is 2.41. The molecule has 0 aliphatic heterocycles. The van der Waals surface area contributed by atoms with Gasteiger partial charge in [0.25, 0.3) is 11.6 Å². The van der Waals surface area contributed by atoms with Crippen molar-refractivity contribution in [1.29, 1.82) is 0 Å². The third-order valence-electron chi connectivity index (χ3n) is 5.33. The van der Waals surface area contributed by atoms with Gasteiger partial charge in [0.05, 0.1) is 28.5 Å². The third kappa shape index (κ3) is 3.76. The quantitative estimate of drug-likeness (QED) is 0.533. The SMILES string of the molecule is CC1(C)Cc2c(cnn2-c2ccccc2)C(NC(=O)c2ccc([N+](=O)[O-])cc2)C1. The summed E-state index contributed by atoms with van der Waals surface area (Å²) in [6.45, 7) is 4.37. The molecule has 1 N–H and O–H groups in total. The molecule has 7 nitrogen and oxygen atoms in total. The Morgan fingerprint density at radius 1 is 1.17 bits per heavy atom. The molecule has 1 atom stereocenters. The van der Waals surface area contributed by atoms with Crippen LogP contribution in [0.2, 0.25) is 0 Å². The smallest absolute Gasteiger partial charge is 0.269 e. The number of rotatable bonds is 4. The summed E-state index contributed by atoms with van der Waals surface area (Å²) in [5, 5.41) is 18.5. The maximum absolute atomic E-state index is 12.8. The molecule has 0 spiro atoms. The van der Waals surface area contributed by atoms with Gasteiger partial charge in [-0.05, 0) is 42.5 Å². The third-order valence-corrected chi connectivity index (χ3v) is 5.33. The van der Waals surface area contributed by atoms with Gasteiger partial charge in [0, 0.05) is 23.3 Å². The van der Waals surface area contributed by atoms with Gasteiger partial charge in [-0.1, -0.05) is 32.0 Å². The molecule has 0 saturated heterocycles. The van der Waals surface area contributed by atoms with E-state index in [1.165, 1.54) is 24.3 Å². The molecule has 1 amide bonds. The normalized spacial score (nSPS) is 17.4. The summed E-state index contributed by atoms with van der Waals surface area (Å²) in [6.07, 6.45) is 3.48. The van der Waals surface area contributed by atoms with Crippen LogP contribution in [-0.4, -0.2) is 20.6 Å². The van der Waals surface area contributed by atoms with E-state index in [1.54, 1.807) is 0 Å². The van der Waals surface area contributed by atoms with E-state index in [9.17, 15) is 14.9 Å².